The summed E-state index contributed by atoms with van der Waals surface area (Å²) in [5, 5.41) is 3.66. The van der Waals surface area contributed by atoms with Crippen molar-refractivity contribution in [2.75, 3.05) is 13.1 Å². The second-order valence-electron chi connectivity index (χ2n) is 5.50. The molecule has 1 aromatic heterocycles. The molecule has 0 radical (unpaired) electrons. The van der Waals surface area contributed by atoms with Gasteiger partial charge in [0.05, 0.1) is 6.04 Å². The summed E-state index contributed by atoms with van der Waals surface area (Å²) in [6.07, 6.45) is 1.95. The zero-order valence-corrected chi connectivity index (χ0v) is 13.6. The second kappa shape index (κ2) is 7.12. The summed E-state index contributed by atoms with van der Waals surface area (Å²) < 4.78 is 5.20. The quantitative estimate of drug-likeness (QED) is 0.780. The van der Waals surface area contributed by atoms with Crippen LogP contribution in [-0.4, -0.2) is 24.0 Å². The van der Waals surface area contributed by atoms with Crippen LogP contribution in [0.2, 0.25) is 5.02 Å². The lowest BCUT2D eigenvalue weighted by atomic mass is 9.95. The molecule has 2 atom stereocenters. The van der Waals surface area contributed by atoms with Gasteiger partial charge in [0.25, 0.3) is 5.91 Å². The molecule has 1 aliphatic heterocycles. The van der Waals surface area contributed by atoms with Crippen LogP contribution in [0, 0.1) is 5.92 Å². The molecule has 122 valence electrons. The third-order valence-corrected chi connectivity index (χ3v) is 4.28. The Morgan fingerprint density at radius 1 is 1.43 bits per heavy atom. The van der Waals surface area contributed by atoms with E-state index < -0.39 is 0 Å². The Labute approximate surface area is 139 Å². The zero-order chi connectivity index (χ0) is 16.2. The van der Waals surface area contributed by atoms with Gasteiger partial charge in [0.2, 0.25) is 0 Å². The molecule has 1 aliphatic rings. The van der Waals surface area contributed by atoms with Crippen molar-refractivity contribution in [1.82, 2.24) is 21.2 Å². The Bertz CT molecular complexity index is 671. The number of nitrogens with one attached hydrogen (secondary N) is 3. The number of carbonyl (C=O) groups excluding carboxylic acids is 1. The predicted octanol–water partition coefficient (Wildman–Crippen LogP) is 2.09. The van der Waals surface area contributed by atoms with E-state index in [4.69, 9.17) is 16.0 Å². The molecule has 3 N–H and O–H groups in total. The highest BCUT2D eigenvalue weighted by Crippen LogP contribution is 2.25. The first kappa shape index (κ1) is 16.0. The van der Waals surface area contributed by atoms with Gasteiger partial charge in [-0.2, -0.15) is 0 Å². The normalized spacial score (nSPS) is 20.6. The summed E-state index contributed by atoms with van der Waals surface area (Å²) in [7, 11) is 0. The molecule has 2 aromatic rings. The first-order valence-electron chi connectivity index (χ1n) is 7.63. The van der Waals surface area contributed by atoms with Crippen molar-refractivity contribution in [2.24, 2.45) is 5.92 Å². The molecule has 23 heavy (non-hydrogen) atoms. The fourth-order valence-electron chi connectivity index (χ4n) is 2.77. The maximum absolute atomic E-state index is 12.2. The Morgan fingerprint density at radius 3 is 2.96 bits per heavy atom. The number of aryl methyl sites for hydroxylation is 1. The number of benzene rings is 1. The van der Waals surface area contributed by atoms with Crippen molar-refractivity contribution in [3.8, 4) is 0 Å². The van der Waals surface area contributed by atoms with Crippen LogP contribution >= 0.6 is 11.6 Å². The Hall–Kier alpha value is -1.89. The molecule has 1 fully saturated rings. The van der Waals surface area contributed by atoms with Crippen LogP contribution in [0.5, 0.6) is 0 Å². The van der Waals surface area contributed by atoms with Gasteiger partial charge in [-0.3, -0.25) is 10.2 Å². The minimum absolute atomic E-state index is 0.121. The van der Waals surface area contributed by atoms with Gasteiger partial charge < -0.3 is 9.73 Å². The van der Waals surface area contributed by atoms with Gasteiger partial charge in [-0.05, 0) is 17.7 Å². The van der Waals surface area contributed by atoms with E-state index in [-0.39, 0.29) is 17.9 Å². The van der Waals surface area contributed by atoms with Gasteiger partial charge in [0, 0.05) is 30.5 Å². The summed E-state index contributed by atoms with van der Waals surface area (Å²) in [5.74, 6) is 0.647. The fourth-order valence-corrected chi connectivity index (χ4v) is 2.89. The molecule has 1 saturated heterocycles. The van der Waals surface area contributed by atoms with E-state index in [0.29, 0.717) is 29.4 Å². The number of oxazole rings is 1. The lowest BCUT2D eigenvalue weighted by Crippen LogP contribution is -2.33. The van der Waals surface area contributed by atoms with Crippen LogP contribution in [-0.2, 0) is 6.42 Å². The third-order valence-electron chi connectivity index (χ3n) is 4.02. The molecule has 0 saturated carbocycles. The van der Waals surface area contributed by atoms with E-state index >= 15 is 0 Å². The van der Waals surface area contributed by atoms with Gasteiger partial charge in [-0.25, -0.2) is 10.4 Å². The Kier molecular flexibility index (Phi) is 4.95. The molecular formula is C16H19ClN4O2. The molecular weight excluding hydrogens is 316 g/mol. The highest BCUT2D eigenvalue weighted by molar-refractivity contribution is 6.30. The van der Waals surface area contributed by atoms with Crippen molar-refractivity contribution >= 4 is 17.5 Å². The molecule has 2 unspecified atom stereocenters. The van der Waals surface area contributed by atoms with Crippen LogP contribution in [0.25, 0.3) is 0 Å². The van der Waals surface area contributed by atoms with Crippen molar-refractivity contribution in [3.05, 3.63) is 52.7 Å². The molecule has 6 nitrogen and oxygen atoms in total. The summed E-state index contributed by atoms with van der Waals surface area (Å²) in [6, 6.07) is 7.85. The number of hydrogen-bond donors (Lipinski definition) is 3. The predicted molar refractivity (Wildman–Crippen MR) is 87.0 cm³/mol. The minimum atomic E-state index is -0.197. The molecule has 0 bridgehead atoms. The van der Waals surface area contributed by atoms with E-state index in [1.807, 2.05) is 31.2 Å². The first-order valence-corrected chi connectivity index (χ1v) is 8.01. The van der Waals surface area contributed by atoms with Gasteiger partial charge in [-0.1, -0.05) is 30.7 Å². The van der Waals surface area contributed by atoms with Crippen molar-refractivity contribution < 1.29 is 9.21 Å². The largest absolute Gasteiger partial charge is 0.448 e. The molecule has 0 aliphatic carbocycles. The minimum Gasteiger partial charge on any atom is -0.448 e. The number of hydrazine groups is 1. The van der Waals surface area contributed by atoms with Crippen LogP contribution in [0.4, 0.5) is 0 Å². The van der Waals surface area contributed by atoms with Crippen LogP contribution in [0.15, 0.2) is 35.1 Å². The molecule has 0 spiro atoms. The lowest BCUT2D eigenvalue weighted by molar-refractivity contribution is 0.0940. The van der Waals surface area contributed by atoms with Crippen LogP contribution < -0.4 is 16.2 Å². The standard InChI is InChI=1S/C16H19ClN4O2/c1-2-13-15(19-9-23-13)16(22)18-7-11-8-20-21-14(11)10-3-5-12(17)6-4-10/h3-6,9,11,14,20-21H,2,7-8H2,1H3,(H,18,22). The van der Waals surface area contributed by atoms with Gasteiger partial charge in [0.15, 0.2) is 12.1 Å². The number of nitrogens with zero attached hydrogens (tertiary/aromatic N) is 1. The molecule has 7 heteroatoms. The highest BCUT2D eigenvalue weighted by atomic mass is 35.5. The van der Waals surface area contributed by atoms with E-state index in [0.717, 1.165) is 12.1 Å². The number of rotatable bonds is 5. The van der Waals surface area contributed by atoms with Gasteiger partial charge >= 0.3 is 0 Å². The highest BCUT2D eigenvalue weighted by Gasteiger charge is 2.29. The van der Waals surface area contributed by atoms with E-state index in [9.17, 15) is 4.79 Å². The van der Waals surface area contributed by atoms with E-state index in [1.165, 1.54) is 6.39 Å². The third kappa shape index (κ3) is 3.55. The molecule has 1 amide bonds. The monoisotopic (exact) mass is 334 g/mol. The van der Waals surface area contributed by atoms with Crippen molar-refractivity contribution in [1.29, 1.82) is 0 Å². The van der Waals surface area contributed by atoms with Gasteiger partial charge in [0.1, 0.15) is 5.76 Å². The summed E-state index contributed by atoms with van der Waals surface area (Å²) in [5.41, 5.74) is 7.90. The first-order chi connectivity index (χ1) is 11.2. The number of halogens is 1. The maximum atomic E-state index is 12.2. The van der Waals surface area contributed by atoms with E-state index in [2.05, 4.69) is 21.2 Å². The summed E-state index contributed by atoms with van der Waals surface area (Å²) >= 11 is 5.93. The van der Waals surface area contributed by atoms with Crippen LogP contribution in [0.1, 0.15) is 34.8 Å². The van der Waals surface area contributed by atoms with Crippen LogP contribution in [0.3, 0.4) is 0 Å². The van der Waals surface area contributed by atoms with Crippen molar-refractivity contribution in [2.45, 2.75) is 19.4 Å². The number of amides is 1. The number of hydrogen-bond acceptors (Lipinski definition) is 5. The lowest BCUT2D eigenvalue weighted by Gasteiger charge is -2.19. The van der Waals surface area contributed by atoms with Gasteiger partial charge in [-0.15, -0.1) is 0 Å². The topological polar surface area (TPSA) is 79.2 Å². The zero-order valence-electron chi connectivity index (χ0n) is 12.8. The Morgan fingerprint density at radius 2 is 2.22 bits per heavy atom. The number of aromatic nitrogens is 1. The second-order valence-corrected chi connectivity index (χ2v) is 5.94. The summed E-state index contributed by atoms with van der Waals surface area (Å²) in [6.45, 7) is 3.24. The molecule has 2 heterocycles. The Balaban J connectivity index is 1.63. The van der Waals surface area contributed by atoms with Crippen molar-refractivity contribution in [3.63, 3.8) is 0 Å². The summed E-state index contributed by atoms with van der Waals surface area (Å²) in [4.78, 5) is 16.2. The molecule has 3 rings (SSSR count). The average molecular weight is 335 g/mol. The number of carbonyl (C=O) groups is 1. The SMILES string of the molecule is CCc1ocnc1C(=O)NCC1CNNC1c1ccc(Cl)cc1. The fraction of sp³-hybridized carbons (Fsp3) is 0.375. The molecule has 1 aromatic carbocycles. The van der Waals surface area contributed by atoms with E-state index in [1.54, 1.807) is 0 Å². The maximum Gasteiger partial charge on any atom is 0.273 e. The average Bonchev–Trinajstić information content (AvgIpc) is 3.22. The smallest absolute Gasteiger partial charge is 0.273 e.